The van der Waals surface area contributed by atoms with Crippen LogP contribution in [0, 0.1) is 0 Å². The van der Waals surface area contributed by atoms with Crippen LogP contribution in [0.25, 0.3) is 0 Å². The molecule has 0 fully saturated rings. The van der Waals surface area contributed by atoms with Gasteiger partial charge in [-0.05, 0) is 61.2 Å². The van der Waals surface area contributed by atoms with E-state index in [4.69, 9.17) is 18.9 Å². The van der Waals surface area contributed by atoms with Crippen LogP contribution >= 0.6 is 0 Å². The monoisotopic (exact) mass is 501 g/mol. The molecule has 3 aromatic rings. The first-order chi connectivity index (χ1) is 17.9. The van der Waals surface area contributed by atoms with E-state index in [1.165, 1.54) is 0 Å². The fourth-order valence-corrected chi connectivity index (χ4v) is 5.61. The van der Waals surface area contributed by atoms with Gasteiger partial charge in [0.2, 0.25) is 12.7 Å². The largest absolute Gasteiger partial charge is 0.497 e. The molecule has 8 nitrogen and oxygen atoms in total. The number of carbonyl (C=O) groups excluding carboxylic acids is 1. The first kappa shape index (κ1) is 23.2. The number of ether oxygens (including phenoxy) is 4. The van der Waals surface area contributed by atoms with E-state index >= 15 is 0 Å². The molecule has 0 bridgehead atoms. The van der Waals surface area contributed by atoms with Gasteiger partial charge in [-0.3, -0.25) is 4.79 Å². The highest BCUT2D eigenvalue weighted by atomic mass is 16.7. The maximum Gasteiger partial charge on any atom is 0.335 e. The van der Waals surface area contributed by atoms with Crippen molar-refractivity contribution in [3.63, 3.8) is 0 Å². The van der Waals surface area contributed by atoms with Crippen molar-refractivity contribution in [1.82, 2.24) is 5.32 Å². The van der Waals surface area contributed by atoms with Crippen molar-refractivity contribution in [2.75, 3.05) is 13.9 Å². The SMILES string of the molecule is COc1ccc2c(c1)O[C@@H](c1ccc(C(=O)O)cc1)C[C@H]2NC(=O)[C@]1(C)CCc2c1ccc1c2OCO1. The van der Waals surface area contributed by atoms with Crippen LogP contribution in [0.4, 0.5) is 0 Å². The van der Waals surface area contributed by atoms with Gasteiger partial charge >= 0.3 is 5.97 Å². The van der Waals surface area contributed by atoms with Gasteiger partial charge in [0.15, 0.2) is 11.5 Å². The summed E-state index contributed by atoms with van der Waals surface area (Å²) in [6.07, 6.45) is 1.55. The first-order valence-corrected chi connectivity index (χ1v) is 12.3. The second-order valence-electron chi connectivity index (χ2n) is 9.86. The van der Waals surface area contributed by atoms with Crippen LogP contribution in [-0.2, 0) is 16.6 Å². The van der Waals surface area contributed by atoms with Crippen LogP contribution in [0.2, 0.25) is 0 Å². The lowest BCUT2D eigenvalue weighted by atomic mass is 9.82. The van der Waals surface area contributed by atoms with Gasteiger partial charge in [0.1, 0.15) is 17.6 Å². The van der Waals surface area contributed by atoms with Gasteiger partial charge in [0.25, 0.3) is 0 Å². The summed E-state index contributed by atoms with van der Waals surface area (Å²) in [7, 11) is 1.59. The summed E-state index contributed by atoms with van der Waals surface area (Å²) in [6, 6.07) is 15.8. The van der Waals surface area contributed by atoms with Crippen LogP contribution in [0.5, 0.6) is 23.0 Å². The minimum atomic E-state index is -0.982. The van der Waals surface area contributed by atoms with Gasteiger partial charge in [-0.1, -0.05) is 18.2 Å². The molecule has 37 heavy (non-hydrogen) atoms. The lowest BCUT2D eigenvalue weighted by molar-refractivity contribution is -0.127. The lowest BCUT2D eigenvalue weighted by Gasteiger charge is -2.35. The summed E-state index contributed by atoms with van der Waals surface area (Å²) in [6.45, 7) is 2.18. The number of nitrogens with one attached hydrogen (secondary N) is 1. The van der Waals surface area contributed by atoms with E-state index in [0.717, 1.165) is 40.2 Å². The number of hydrogen-bond donors (Lipinski definition) is 2. The zero-order valence-corrected chi connectivity index (χ0v) is 20.6. The van der Waals surface area contributed by atoms with Crippen molar-refractivity contribution in [3.05, 3.63) is 82.4 Å². The third kappa shape index (κ3) is 3.84. The predicted octanol–water partition coefficient (Wildman–Crippen LogP) is 4.71. The summed E-state index contributed by atoms with van der Waals surface area (Å²) < 4.78 is 22.9. The number of fused-ring (bicyclic) bond motifs is 4. The summed E-state index contributed by atoms with van der Waals surface area (Å²) in [5, 5.41) is 12.6. The Morgan fingerprint density at radius 3 is 2.62 bits per heavy atom. The molecule has 3 aromatic carbocycles. The number of carboxylic acids is 1. The fourth-order valence-electron chi connectivity index (χ4n) is 5.61. The minimum Gasteiger partial charge on any atom is -0.497 e. The second-order valence-corrected chi connectivity index (χ2v) is 9.86. The maximum atomic E-state index is 13.9. The third-order valence-electron chi connectivity index (χ3n) is 7.76. The van der Waals surface area contributed by atoms with Crippen molar-refractivity contribution in [3.8, 4) is 23.0 Å². The molecule has 2 aliphatic heterocycles. The van der Waals surface area contributed by atoms with Crippen LogP contribution in [0.3, 0.4) is 0 Å². The van der Waals surface area contributed by atoms with E-state index in [2.05, 4.69) is 5.32 Å². The lowest BCUT2D eigenvalue weighted by Crippen LogP contribution is -2.44. The quantitative estimate of drug-likeness (QED) is 0.522. The summed E-state index contributed by atoms with van der Waals surface area (Å²) in [5.74, 6) is 1.72. The highest BCUT2D eigenvalue weighted by Gasteiger charge is 2.45. The average molecular weight is 502 g/mol. The average Bonchev–Trinajstić information content (AvgIpc) is 3.53. The smallest absolute Gasteiger partial charge is 0.335 e. The molecule has 0 radical (unpaired) electrons. The molecular formula is C29H27NO7. The van der Waals surface area contributed by atoms with Crippen molar-refractivity contribution in [1.29, 1.82) is 0 Å². The number of rotatable bonds is 5. The molecule has 2 heterocycles. The van der Waals surface area contributed by atoms with E-state index in [1.807, 2.05) is 37.3 Å². The standard InChI is InChI=1S/C29H27NO7/c1-29(12-11-19-21(29)9-10-23-26(19)36-15-35-23)28(33)30-22-14-24(16-3-5-17(6-4-16)27(31)32)37-25-13-18(34-2)7-8-20(22)25/h3-10,13,22,24H,11-12,14-15H2,1-2H3,(H,30,33)(H,31,32)/t22-,24-,29-/m1/s1. The van der Waals surface area contributed by atoms with Crippen LogP contribution < -0.4 is 24.3 Å². The molecule has 3 atom stereocenters. The van der Waals surface area contributed by atoms with Gasteiger partial charge in [0, 0.05) is 23.6 Å². The number of benzene rings is 3. The van der Waals surface area contributed by atoms with E-state index < -0.39 is 11.4 Å². The Bertz CT molecular complexity index is 1400. The van der Waals surface area contributed by atoms with Crippen LogP contribution in [-0.4, -0.2) is 30.9 Å². The number of methoxy groups -OCH3 is 1. The molecule has 8 heteroatoms. The Hall–Kier alpha value is -4.20. The maximum absolute atomic E-state index is 13.9. The summed E-state index contributed by atoms with van der Waals surface area (Å²) in [5.41, 5.74) is 3.22. The molecule has 6 rings (SSSR count). The fraction of sp³-hybridized carbons (Fsp3) is 0.310. The molecule has 0 aromatic heterocycles. The van der Waals surface area contributed by atoms with Gasteiger partial charge < -0.3 is 29.4 Å². The van der Waals surface area contributed by atoms with Crippen molar-refractivity contribution < 1.29 is 33.6 Å². The van der Waals surface area contributed by atoms with Gasteiger partial charge in [0.05, 0.1) is 24.1 Å². The van der Waals surface area contributed by atoms with E-state index in [-0.39, 0.29) is 30.4 Å². The Labute approximate surface area is 214 Å². The highest BCUT2D eigenvalue weighted by Crippen LogP contribution is 2.49. The van der Waals surface area contributed by atoms with Crippen molar-refractivity contribution in [2.45, 2.75) is 43.7 Å². The molecular weight excluding hydrogens is 474 g/mol. The Morgan fingerprint density at radius 2 is 1.86 bits per heavy atom. The first-order valence-electron chi connectivity index (χ1n) is 12.3. The summed E-state index contributed by atoms with van der Waals surface area (Å²) in [4.78, 5) is 25.2. The topological polar surface area (TPSA) is 103 Å². The van der Waals surface area contributed by atoms with Crippen molar-refractivity contribution >= 4 is 11.9 Å². The molecule has 2 N–H and O–H groups in total. The number of amides is 1. The normalized spacial score (nSPS) is 23.0. The van der Waals surface area contributed by atoms with Crippen LogP contribution in [0.15, 0.2) is 54.6 Å². The van der Waals surface area contributed by atoms with Crippen LogP contribution in [0.1, 0.15) is 64.5 Å². The molecule has 1 aliphatic carbocycles. The number of carbonyl (C=O) groups is 2. The second kappa shape index (κ2) is 8.73. The Morgan fingerprint density at radius 1 is 1.05 bits per heavy atom. The molecule has 0 saturated carbocycles. The summed E-state index contributed by atoms with van der Waals surface area (Å²) >= 11 is 0. The Balaban J connectivity index is 1.31. The van der Waals surface area contributed by atoms with E-state index in [9.17, 15) is 14.7 Å². The third-order valence-corrected chi connectivity index (χ3v) is 7.76. The Kier molecular flexibility index (Phi) is 5.47. The zero-order chi connectivity index (χ0) is 25.7. The number of aromatic carboxylic acids is 1. The van der Waals surface area contributed by atoms with Gasteiger partial charge in [-0.2, -0.15) is 0 Å². The molecule has 0 unspecified atom stereocenters. The van der Waals surface area contributed by atoms with E-state index in [1.54, 1.807) is 31.4 Å². The van der Waals surface area contributed by atoms with Crippen molar-refractivity contribution in [2.24, 2.45) is 0 Å². The molecule has 1 amide bonds. The predicted molar refractivity (Wildman–Crippen MR) is 134 cm³/mol. The number of hydrogen-bond acceptors (Lipinski definition) is 6. The molecule has 0 saturated heterocycles. The van der Waals surface area contributed by atoms with Gasteiger partial charge in [-0.15, -0.1) is 0 Å². The number of carboxylic acid groups (broad SMARTS) is 1. The molecule has 0 spiro atoms. The zero-order valence-electron chi connectivity index (χ0n) is 20.6. The minimum absolute atomic E-state index is 0.0567. The highest BCUT2D eigenvalue weighted by molar-refractivity contribution is 5.90. The molecule has 3 aliphatic rings. The molecule has 190 valence electrons. The van der Waals surface area contributed by atoms with E-state index in [0.29, 0.717) is 24.3 Å². The van der Waals surface area contributed by atoms with Gasteiger partial charge in [-0.25, -0.2) is 4.79 Å².